The van der Waals surface area contributed by atoms with Crippen molar-refractivity contribution in [1.82, 2.24) is 14.9 Å². The van der Waals surface area contributed by atoms with Gasteiger partial charge in [0.25, 0.3) is 11.2 Å². The van der Waals surface area contributed by atoms with E-state index in [1.165, 1.54) is 17.7 Å². The summed E-state index contributed by atoms with van der Waals surface area (Å²) in [6, 6.07) is 14.6. The number of non-ortho nitro benzene ring substituents is 1. The van der Waals surface area contributed by atoms with Crippen molar-refractivity contribution in [2.45, 2.75) is 25.3 Å². The molecule has 1 aromatic heterocycles. The lowest BCUT2D eigenvalue weighted by Gasteiger charge is -2.31. The molecule has 0 bridgehead atoms. The summed E-state index contributed by atoms with van der Waals surface area (Å²) in [5.74, 6) is 0.880. The summed E-state index contributed by atoms with van der Waals surface area (Å²) in [6.45, 7) is 2.82. The quantitative estimate of drug-likeness (QED) is 0.567. The fourth-order valence-electron chi connectivity index (χ4n) is 3.66. The van der Waals surface area contributed by atoms with Crippen LogP contribution in [-0.2, 0) is 6.54 Å². The highest BCUT2D eigenvalue weighted by Gasteiger charge is 2.23. The first kappa shape index (κ1) is 17.4. The average molecular weight is 364 g/mol. The number of H-pyrrole nitrogens is 1. The van der Waals surface area contributed by atoms with E-state index in [0.29, 0.717) is 11.3 Å². The normalized spacial score (nSPS) is 15.9. The number of nitrogens with one attached hydrogen (secondary N) is 1. The van der Waals surface area contributed by atoms with E-state index >= 15 is 0 Å². The summed E-state index contributed by atoms with van der Waals surface area (Å²) in [5, 5.41) is 11.2. The zero-order valence-corrected chi connectivity index (χ0v) is 14.8. The molecule has 27 heavy (non-hydrogen) atoms. The number of fused-ring (bicyclic) bond motifs is 1. The number of hydrogen-bond acceptors (Lipinski definition) is 5. The van der Waals surface area contributed by atoms with E-state index in [9.17, 15) is 14.9 Å². The molecule has 2 heterocycles. The fourth-order valence-corrected chi connectivity index (χ4v) is 3.66. The lowest BCUT2D eigenvalue weighted by molar-refractivity contribution is -0.384. The molecule has 3 aromatic rings. The Morgan fingerprint density at radius 3 is 2.59 bits per heavy atom. The first-order chi connectivity index (χ1) is 13.1. The Morgan fingerprint density at radius 1 is 1.15 bits per heavy atom. The summed E-state index contributed by atoms with van der Waals surface area (Å²) in [7, 11) is 0. The van der Waals surface area contributed by atoms with Gasteiger partial charge in [0, 0.05) is 24.6 Å². The maximum Gasteiger partial charge on any atom is 0.270 e. The number of aromatic nitrogens is 2. The van der Waals surface area contributed by atoms with Gasteiger partial charge in [-0.05, 0) is 37.6 Å². The van der Waals surface area contributed by atoms with Crippen LogP contribution in [0.25, 0.3) is 10.9 Å². The van der Waals surface area contributed by atoms with Crippen molar-refractivity contribution in [2.75, 3.05) is 13.1 Å². The van der Waals surface area contributed by atoms with Crippen LogP contribution in [0, 0.1) is 10.1 Å². The minimum absolute atomic E-state index is 0.100. The van der Waals surface area contributed by atoms with Crippen LogP contribution in [0.5, 0.6) is 0 Å². The lowest BCUT2D eigenvalue weighted by atomic mass is 9.95. The molecular weight excluding hydrogens is 344 g/mol. The molecule has 0 amide bonds. The van der Waals surface area contributed by atoms with Gasteiger partial charge in [0.05, 0.1) is 15.8 Å². The molecule has 0 spiro atoms. The van der Waals surface area contributed by atoms with Crippen molar-refractivity contribution in [3.05, 3.63) is 80.4 Å². The van der Waals surface area contributed by atoms with E-state index in [1.54, 1.807) is 6.07 Å². The second kappa shape index (κ2) is 7.28. The third-order valence-corrected chi connectivity index (χ3v) is 5.14. The molecule has 138 valence electrons. The zero-order valence-electron chi connectivity index (χ0n) is 14.8. The number of aromatic amines is 1. The highest BCUT2D eigenvalue weighted by molar-refractivity contribution is 5.80. The van der Waals surface area contributed by atoms with Crippen molar-refractivity contribution in [1.29, 1.82) is 0 Å². The van der Waals surface area contributed by atoms with Gasteiger partial charge < -0.3 is 4.98 Å². The monoisotopic (exact) mass is 364 g/mol. The highest BCUT2D eigenvalue weighted by atomic mass is 16.6. The number of rotatable bonds is 4. The van der Waals surface area contributed by atoms with Gasteiger partial charge in [0.15, 0.2) is 0 Å². The number of nitrogens with zero attached hydrogens (tertiary/aromatic N) is 3. The molecule has 1 saturated heterocycles. The largest absolute Gasteiger partial charge is 0.310 e. The first-order valence-corrected chi connectivity index (χ1v) is 9.05. The smallest absolute Gasteiger partial charge is 0.270 e. The molecule has 0 atom stereocenters. The number of likely N-dealkylation sites (tertiary alicyclic amines) is 1. The minimum atomic E-state index is -0.505. The lowest BCUT2D eigenvalue weighted by Crippen LogP contribution is -2.33. The molecule has 1 aliphatic rings. The van der Waals surface area contributed by atoms with Crippen LogP contribution in [-0.4, -0.2) is 32.9 Å². The molecule has 1 aliphatic heterocycles. The van der Waals surface area contributed by atoms with Crippen LogP contribution < -0.4 is 5.56 Å². The maximum absolute atomic E-state index is 12.4. The Bertz CT molecular complexity index is 1020. The van der Waals surface area contributed by atoms with Gasteiger partial charge in [0.2, 0.25) is 0 Å². The Labute approximate surface area is 155 Å². The first-order valence-electron chi connectivity index (χ1n) is 9.05. The van der Waals surface area contributed by atoms with E-state index in [1.807, 2.05) is 6.07 Å². The molecule has 0 radical (unpaired) electrons. The van der Waals surface area contributed by atoms with Gasteiger partial charge in [-0.25, -0.2) is 4.98 Å². The second-order valence-corrected chi connectivity index (χ2v) is 6.95. The number of piperidine rings is 1. The maximum atomic E-state index is 12.4. The predicted molar refractivity (Wildman–Crippen MR) is 103 cm³/mol. The number of hydrogen-bond donors (Lipinski definition) is 1. The zero-order chi connectivity index (χ0) is 18.8. The SMILES string of the molecule is O=c1[nH]c(C2CCN(Cc3ccccc3)CC2)nc2ccc([N+](=O)[O-])cc12. The summed E-state index contributed by atoms with van der Waals surface area (Å²) in [5.41, 5.74) is 1.39. The van der Waals surface area contributed by atoms with Crippen molar-refractivity contribution >= 4 is 16.6 Å². The summed E-state index contributed by atoms with van der Waals surface area (Å²) in [6.07, 6.45) is 1.85. The number of nitro groups is 1. The molecule has 2 aromatic carbocycles. The fraction of sp³-hybridized carbons (Fsp3) is 0.300. The van der Waals surface area contributed by atoms with Gasteiger partial charge in [-0.3, -0.25) is 19.8 Å². The number of benzene rings is 2. The molecule has 7 nitrogen and oxygen atoms in total. The molecule has 0 saturated carbocycles. The van der Waals surface area contributed by atoms with Gasteiger partial charge in [-0.15, -0.1) is 0 Å². The van der Waals surface area contributed by atoms with Crippen LogP contribution in [0.15, 0.2) is 53.3 Å². The Morgan fingerprint density at radius 2 is 1.89 bits per heavy atom. The predicted octanol–water partition coefficient (Wildman–Crippen LogP) is 3.21. The second-order valence-electron chi connectivity index (χ2n) is 6.95. The topological polar surface area (TPSA) is 92.1 Å². The third kappa shape index (κ3) is 3.73. The average Bonchev–Trinajstić information content (AvgIpc) is 2.69. The van der Waals surface area contributed by atoms with Gasteiger partial charge in [-0.1, -0.05) is 30.3 Å². The van der Waals surface area contributed by atoms with E-state index < -0.39 is 4.92 Å². The Kier molecular flexibility index (Phi) is 4.68. The van der Waals surface area contributed by atoms with Gasteiger partial charge in [-0.2, -0.15) is 0 Å². The van der Waals surface area contributed by atoms with Crippen molar-refractivity contribution in [3.8, 4) is 0 Å². The van der Waals surface area contributed by atoms with Gasteiger partial charge >= 0.3 is 0 Å². The van der Waals surface area contributed by atoms with Crippen molar-refractivity contribution in [2.24, 2.45) is 0 Å². The van der Waals surface area contributed by atoms with Crippen LogP contribution in [0.2, 0.25) is 0 Å². The Hall–Kier alpha value is -3.06. The molecule has 4 rings (SSSR count). The summed E-state index contributed by atoms with van der Waals surface area (Å²) >= 11 is 0. The molecule has 1 fully saturated rings. The van der Waals surface area contributed by atoms with E-state index in [2.05, 4.69) is 39.1 Å². The van der Waals surface area contributed by atoms with Crippen LogP contribution in [0.1, 0.15) is 30.1 Å². The van der Waals surface area contributed by atoms with Gasteiger partial charge in [0.1, 0.15) is 5.82 Å². The molecule has 7 heteroatoms. The highest BCUT2D eigenvalue weighted by Crippen LogP contribution is 2.27. The third-order valence-electron chi connectivity index (χ3n) is 5.14. The standard InChI is InChI=1S/C20H20N4O3/c25-20-17-12-16(24(26)27)6-7-18(17)21-19(22-20)15-8-10-23(11-9-15)13-14-4-2-1-3-5-14/h1-7,12,15H,8-11,13H2,(H,21,22,25). The molecule has 0 aliphatic carbocycles. The van der Waals surface area contributed by atoms with Crippen molar-refractivity contribution < 1.29 is 4.92 Å². The van der Waals surface area contributed by atoms with E-state index in [-0.39, 0.29) is 22.6 Å². The summed E-state index contributed by atoms with van der Waals surface area (Å²) < 4.78 is 0. The summed E-state index contributed by atoms with van der Waals surface area (Å²) in [4.78, 5) is 32.6. The minimum Gasteiger partial charge on any atom is -0.310 e. The van der Waals surface area contributed by atoms with Crippen LogP contribution in [0.3, 0.4) is 0 Å². The van der Waals surface area contributed by atoms with Crippen LogP contribution >= 0.6 is 0 Å². The Balaban J connectivity index is 1.49. The van der Waals surface area contributed by atoms with Crippen LogP contribution in [0.4, 0.5) is 5.69 Å². The van der Waals surface area contributed by atoms with Crippen molar-refractivity contribution in [3.63, 3.8) is 0 Å². The molecule has 0 unspecified atom stereocenters. The van der Waals surface area contributed by atoms with E-state index in [4.69, 9.17) is 0 Å². The van der Waals surface area contributed by atoms with E-state index in [0.717, 1.165) is 32.5 Å². The molecular formula is C20H20N4O3. The number of nitro benzene ring substituents is 1. The molecule has 1 N–H and O–H groups in total.